The fourth-order valence-corrected chi connectivity index (χ4v) is 2.44. The van der Waals surface area contributed by atoms with E-state index in [-0.39, 0.29) is 5.69 Å². The van der Waals surface area contributed by atoms with E-state index >= 15 is 0 Å². The maximum Gasteiger partial charge on any atom is 0.372 e. The van der Waals surface area contributed by atoms with Crippen LogP contribution in [0.5, 0.6) is 0 Å². The molecule has 1 aromatic carbocycles. The van der Waals surface area contributed by atoms with Crippen molar-refractivity contribution in [3.8, 4) is 0 Å². The number of aromatic nitrogens is 1. The molecule has 1 N–H and O–H groups in total. The Hall–Kier alpha value is -2.34. The third kappa shape index (κ3) is 3.58. The predicted molar refractivity (Wildman–Crippen MR) is 73.0 cm³/mol. The van der Waals surface area contributed by atoms with Crippen LogP contribution in [0.15, 0.2) is 35.7 Å². The largest absolute Gasteiger partial charge is 0.475 e. The highest BCUT2D eigenvalue weighted by Crippen LogP contribution is 2.16. The number of hydrogen-bond donors (Lipinski definition) is 1. The Morgan fingerprint density at radius 3 is 2.50 bits per heavy atom. The topological polar surface area (TPSA) is 84.3 Å². The number of hydrogen-bond acceptors (Lipinski definition) is 5. The zero-order chi connectivity index (χ0) is 14.5. The van der Waals surface area contributed by atoms with Gasteiger partial charge in [-0.05, 0) is 5.56 Å². The number of ketones is 2. The summed E-state index contributed by atoms with van der Waals surface area (Å²) in [5.41, 5.74) is 1.22. The molecule has 0 aliphatic heterocycles. The second-order valence-electron chi connectivity index (χ2n) is 4.12. The van der Waals surface area contributed by atoms with Crippen LogP contribution in [0.4, 0.5) is 0 Å². The van der Waals surface area contributed by atoms with E-state index in [0.717, 1.165) is 10.6 Å². The average Bonchev–Trinajstić information content (AvgIpc) is 2.88. The summed E-state index contributed by atoms with van der Waals surface area (Å²) < 4.78 is 0. The average molecular weight is 289 g/mol. The normalized spacial score (nSPS) is 10.2. The Labute approximate surface area is 118 Å². The van der Waals surface area contributed by atoms with Gasteiger partial charge >= 0.3 is 5.97 Å². The molecule has 1 heterocycles. The fraction of sp³-hybridized carbons (Fsp3) is 0.143. The summed E-state index contributed by atoms with van der Waals surface area (Å²) in [5, 5.41) is 10.8. The molecule has 0 unspecified atom stereocenters. The maximum atomic E-state index is 11.7. The molecule has 102 valence electrons. The van der Waals surface area contributed by atoms with Crippen molar-refractivity contribution in [2.45, 2.75) is 12.8 Å². The summed E-state index contributed by atoms with van der Waals surface area (Å²) in [6.45, 7) is 0. The predicted octanol–water partition coefficient (Wildman–Crippen LogP) is 1.96. The van der Waals surface area contributed by atoms with E-state index in [9.17, 15) is 14.4 Å². The SMILES string of the molecule is O=C(O)C(=O)CC(=O)c1csc(Cc2ccccc2)n1. The lowest BCUT2D eigenvalue weighted by Crippen LogP contribution is -2.17. The Kier molecular flexibility index (Phi) is 4.37. The lowest BCUT2D eigenvalue weighted by Gasteiger charge is -1.96. The van der Waals surface area contributed by atoms with Crippen molar-refractivity contribution < 1.29 is 19.5 Å². The molecule has 0 atom stereocenters. The van der Waals surface area contributed by atoms with Gasteiger partial charge in [0.2, 0.25) is 5.78 Å². The molecule has 6 heteroatoms. The molecule has 2 aromatic rings. The number of Topliss-reactive ketones (excluding diaryl/α,β-unsaturated/α-hetero) is 2. The number of carboxylic acid groups (broad SMARTS) is 1. The highest BCUT2D eigenvalue weighted by Gasteiger charge is 2.19. The smallest absolute Gasteiger partial charge is 0.372 e. The number of benzene rings is 1. The first-order valence-electron chi connectivity index (χ1n) is 5.84. The van der Waals surface area contributed by atoms with Gasteiger partial charge in [0.1, 0.15) is 5.69 Å². The van der Waals surface area contributed by atoms with Crippen LogP contribution in [0.2, 0.25) is 0 Å². The molecule has 0 spiro atoms. The second-order valence-corrected chi connectivity index (χ2v) is 5.06. The van der Waals surface area contributed by atoms with Crippen LogP contribution in [-0.2, 0) is 16.0 Å². The van der Waals surface area contributed by atoms with E-state index < -0.39 is 24.0 Å². The third-order valence-corrected chi connectivity index (χ3v) is 3.44. The minimum atomic E-state index is -1.60. The molecule has 0 saturated carbocycles. The van der Waals surface area contributed by atoms with Gasteiger partial charge in [0.25, 0.3) is 0 Å². The molecule has 0 fully saturated rings. The van der Waals surface area contributed by atoms with E-state index in [4.69, 9.17) is 5.11 Å². The van der Waals surface area contributed by atoms with Crippen LogP contribution in [0.25, 0.3) is 0 Å². The maximum absolute atomic E-state index is 11.7. The van der Waals surface area contributed by atoms with E-state index in [1.54, 1.807) is 5.38 Å². The van der Waals surface area contributed by atoms with Gasteiger partial charge < -0.3 is 5.11 Å². The molecule has 20 heavy (non-hydrogen) atoms. The van der Waals surface area contributed by atoms with Crippen molar-refractivity contribution in [2.75, 3.05) is 0 Å². The van der Waals surface area contributed by atoms with Gasteiger partial charge in [0.15, 0.2) is 5.78 Å². The van der Waals surface area contributed by atoms with E-state index in [1.807, 2.05) is 30.3 Å². The van der Waals surface area contributed by atoms with Gasteiger partial charge in [-0.2, -0.15) is 0 Å². The van der Waals surface area contributed by atoms with Gasteiger partial charge in [-0.3, -0.25) is 9.59 Å². The lowest BCUT2D eigenvalue weighted by atomic mass is 10.1. The summed E-state index contributed by atoms with van der Waals surface area (Å²) in [5.74, 6) is -3.28. The Balaban J connectivity index is 2.04. The molecular weight excluding hydrogens is 278 g/mol. The lowest BCUT2D eigenvalue weighted by molar-refractivity contribution is -0.148. The van der Waals surface area contributed by atoms with Crippen LogP contribution < -0.4 is 0 Å². The van der Waals surface area contributed by atoms with Crippen molar-refractivity contribution in [3.05, 3.63) is 52.0 Å². The molecule has 2 rings (SSSR count). The summed E-state index contributed by atoms with van der Waals surface area (Å²) in [7, 11) is 0. The first-order chi connectivity index (χ1) is 9.56. The van der Waals surface area contributed by atoms with Crippen molar-refractivity contribution >= 4 is 28.9 Å². The van der Waals surface area contributed by atoms with Crippen LogP contribution in [0, 0.1) is 0 Å². The number of carbonyl (C=O) groups excluding carboxylic acids is 2. The number of carbonyl (C=O) groups is 3. The molecule has 5 nitrogen and oxygen atoms in total. The standard InChI is InChI=1S/C14H11NO4S/c16-11(7-12(17)14(18)19)10-8-20-13(15-10)6-9-4-2-1-3-5-9/h1-5,8H,6-7H2,(H,18,19). The summed E-state index contributed by atoms with van der Waals surface area (Å²) in [6.07, 6.45) is -0.0461. The molecule has 1 aromatic heterocycles. The van der Waals surface area contributed by atoms with Gasteiger partial charge in [-0.15, -0.1) is 11.3 Å². The molecule has 0 aliphatic carbocycles. The van der Waals surface area contributed by atoms with Crippen LogP contribution >= 0.6 is 11.3 Å². The highest BCUT2D eigenvalue weighted by atomic mass is 32.1. The van der Waals surface area contributed by atoms with Crippen molar-refractivity contribution in [3.63, 3.8) is 0 Å². The molecule has 0 aliphatic rings. The summed E-state index contributed by atoms with van der Waals surface area (Å²) in [6, 6.07) is 9.66. The number of thiazole rings is 1. The first-order valence-corrected chi connectivity index (χ1v) is 6.72. The minimum Gasteiger partial charge on any atom is -0.475 e. The molecule has 0 amide bonds. The number of rotatable bonds is 6. The van der Waals surface area contributed by atoms with E-state index in [1.165, 1.54) is 11.3 Å². The molecular formula is C14H11NO4S. The Morgan fingerprint density at radius 2 is 1.85 bits per heavy atom. The van der Waals surface area contributed by atoms with Crippen molar-refractivity contribution in [1.29, 1.82) is 0 Å². The van der Waals surface area contributed by atoms with Crippen molar-refractivity contribution in [2.24, 2.45) is 0 Å². The summed E-state index contributed by atoms with van der Waals surface area (Å²) >= 11 is 1.32. The fourth-order valence-electron chi connectivity index (χ4n) is 1.60. The van der Waals surface area contributed by atoms with Gasteiger partial charge in [-0.25, -0.2) is 9.78 Å². The molecule has 0 bridgehead atoms. The van der Waals surface area contributed by atoms with Gasteiger partial charge in [0.05, 0.1) is 11.4 Å². The van der Waals surface area contributed by atoms with Crippen molar-refractivity contribution in [1.82, 2.24) is 4.98 Å². The molecule has 0 radical (unpaired) electrons. The Morgan fingerprint density at radius 1 is 1.15 bits per heavy atom. The Bertz CT molecular complexity index is 648. The number of aliphatic carboxylic acids is 1. The quantitative estimate of drug-likeness (QED) is 0.499. The van der Waals surface area contributed by atoms with Gasteiger partial charge in [0, 0.05) is 11.8 Å². The van der Waals surface area contributed by atoms with E-state index in [0.29, 0.717) is 6.42 Å². The zero-order valence-corrected chi connectivity index (χ0v) is 11.2. The van der Waals surface area contributed by atoms with E-state index in [2.05, 4.69) is 4.98 Å². The zero-order valence-electron chi connectivity index (χ0n) is 10.4. The summed E-state index contributed by atoms with van der Waals surface area (Å²) in [4.78, 5) is 37.2. The minimum absolute atomic E-state index is 0.149. The molecule has 0 saturated heterocycles. The van der Waals surface area contributed by atoms with Crippen LogP contribution in [-0.4, -0.2) is 27.6 Å². The highest BCUT2D eigenvalue weighted by molar-refractivity contribution is 7.09. The van der Waals surface area contributed by atoms with Crippen LogP contribution in [0.1, 0.15) is 27.5 Å². The first kappa shape index (κ1) is 14.1. The van der Waals surface area contributed by atoms with Gasteiger partial charge in [-0.1, -0.05) is 30.3 Å². The number of nitrogens with zero attached hydrogens (tertiary/aromatic N) is 1. The van der Waals surface area contributed by atoms with Crippen LogP contribution in [0.3, 0.4) is 0 Å². The monoisotopic (exact) mass is 289 g/mol. The number of carboxylic acids is 1. The third-order valence-electron chi connectivity index (χ3n) is 2.60. The second kappa shape index (κ2) is 6.21.